The van der Waals surface area contributed by atoms with Gasteiger partial charge >= 0.3 is 0 Å². The zero-order valence-electron chi connectivity index (χ0n) is 17.7. The molecule has 0 bridgehead atoms. The summed E-state index contributed by atoms with van der Waals surface area (Å²) in [4.78, 5) is 29.3. The van der Waals surface area contributed by atoms with Crippen LogP contribution in [0.15, 0.2) is 36.5 Å². The normalized spacial score (nSPS) is 15.4. The van der Waals surface area contributed by atoms with Gasteiger partial charge in [-0.1, -0.05) is 32.9 Å². The number of benzene rings is 1. The van der Waals surface area contributed by atoms with Crippen LogP contribution >= 0.6 is 0 Å². The molecule has 0 atom stereocenters. The topological polar surface area (TPSA) is 79.3 Å². The van der Waals surface area contributed by atoms with Crippen LogP contribution in [0.4, 0.5) is 0 Å². The third-order valence-electron chi connectivity index (χ3n) is 5.66. The second kappa shape index (κ2) is 7.97. The van der Waals surface area contributed by atoms with Crippen LogP contribution in [0, 0.1) is 0 Å². The van der Waals surface area contributed by atoms with Gasteiger partial charge in [0.05, 0.1) is 0 Å². The lowest BCUT2D eigenvalue weighted by atomic mass is 9.78. The Hall–Kier alpha value is -2.69. The summed E-state index contributed by atoms with van der Waals surface area (Å²) in [5.41, 5.74) is 2.59. The van der Waals surface area contributed by atoms with Gasteiger partial charge in [0.15, 0.2) is 0 Å². The molecule has 1 aromatic heterocycles. The molecule has 3 rings (SSSR count). The summed E-state index contributed by atoms with van der Waals surface area (Å²) in [5, 5.41) is 13.2. The summed E-state index contributed by atoms with van der Waals surface area (Å²) in [7, 11) is 0. The summed E-state index contributed by atoms with van der Waals surface area (Å²) in [6, 6.07) is 8.88. The molecule has 154 valence electrons. The number of rotatable bonds is 6. The molecule has 0 saturated heterocycles. The van der Waals surface area contributed by atoms with Gasteiger partial charge in [0.25, 0.3) is 5.91 Å². The number of nitrogens with one attached hydrogen (secondary N) is 1. The number of phenols is 1. The van der Waals surface area contributed by atoms with Gasteiger partial charge in [-0.15, -0.1) is 0 Å². The summed E-state index contributed by atoms with van der Waals surface area (Å²) >= 11 is 0. The molecule has 2 aromatic rings. The molecule has 0 spiro atoms. The Labute approximate surface area is 172 Å². The molecule has 1 heterocycles. The molecule has 0 aliphatic heterocycles. The molecule has 1 fully saturated rings. The van der Waals surface area contributed by atoms with Gasteiger partial charge in [-0.05, 0) is 60.9 Å². The molecule has 1 amide bonds. The van der Waals surface area contributed by atoms with Crippen LogP contribution in [-0.2, 0) is 23.1 Å². The number of hydrogen-bond acceptors (Lipinski definition) is 4. The maximum atomic E-state index is 12.6. The molecule has 1 aliphatic carbocycles. The first-order valence-corrected chi connectivity index (χ1v) is 10.2. The van der Waals surface area contributed by atoms with Crippen molar-refractivity contribution in [3.8, 4) is 5.75 Å². The first-order chi connectivity index (χ1) is 13.6. The molecular formula is C24H30N2O3. The van der Waals surface area contributed by atoms with Crippen molar-refractivity contribution in [1.29, 1.82) is 0 Å². The molecule has 29 heavy (non-hydrogen) atoms. The van der Waals surface area contributed by atoms with Crippen molar-refractivity contribution in [2.24, 2.45) is 0 Å². The van der Waals surface area contributed by atoms with Gasteiger partial charge in [-0.2, -0.15) is 0 Å². The maximum Gasteiger partial charge on any atom is 0.270 e. The predicted molar refractivity (Wildman–Crippen MR) is 113 cm³/mol. The van der Waals surface area contributed by atoms with E-state index in [-0.39, 0.29) is 41.2 Å². The Kier molecular flexibility index (Phi) is 5.78. The van der Waals surface area contributed by atoms with Gasteiger partial charge in [0, 0.05) is 30.1 Å². The number of hydrogen-bond donors (Lipinski definition) is 2. The molecule has 0 radical (unpaired) electrons. The van der Waals surface area contributed by atoms with Crippen LogP contribution < -0.4 is 5.32 Å². The van der Waals surface area contributed by atoms with Crippen LogP contribution in [0.3, 0.4) is 0 Å². The van der Waals surface area contributed by atoms with Crippen molar-refractivity contribution in [2.75, 3.05) is 0 Å². The largest absolute Gasteiger partial charge is 0.508 e. The van der Waals surface area contributed by atoms with E-state index in [0.717, 1.165) is 30.4 Å². The summed E-state index contributed by atoms with van der Waals surface area (Å²) in [6.45, 7) is 8.33. The van der Waals surface area contributed by atoms with Gasteiger partial charge in [0.1, 0.15) is 17.2 Å². The molecular weight excluding hydrogens is 364 g/mol. The molecule has 1 aliphatic rings. The summed E-state index contributed by atoms with van der Waals surface area (Å²) < 4.78 is 0. The quantitative estimate of drug-likeness (QED) is 0.773. The van der Waals surface area contributed by atoms with Crippen LogP contribution in [0.5, 0.6) is 5.75 Å². The van der Waals surface area contributed by atoms with E-state index in [9.17, 15) is 14.7 Å². The number of phenolic OH excluding ortho intramolecular Hbond substituents is 1. The minimum absolute atomic E-state index is 0.0186. The average Bonchev–Trinajstić information content (AvgIpc) is 2.61. The maximum absolute atomic E-state index is 12.6. The number of amides is 1. The standard InChI is InChI=1S/C24H30N2O3/c1-23(2,3)18-6-7-21(28)17(14-18)15-19(27)12-16-8-11-25-20(13-16)22(29)26-24(4)9-5-10-24/h6-8,11,13-14,28H,5,9-10,12,15H2,1-4H3,(H,26,29). The van der Waals surface area contributed by atoms with E-state index in [1.54, 1.807) is 24.4 Å². The molecule has 1 saturated carbocycles. The molecule has 0 unspecified atom stereocenters. The number of pyridine rings is 1. The second-order valence-corrected chi connectivity index (χ2v) is 9.40. The van der Waals surface area contributed by atoms with Crippen molar-refractivity contribution in [3.05, 3.63) is 58.9 Å². The van der Waals surface area contributed by atoms with Crippen molar-refractivity contribution in [3.63, 3.8) is 0 Å². The van der Waals surface area contributed by atoms with E-state index in [1.807, 2.05) is 19.1 Å². The fourth-order valence-electron chi connectivity index (χ4n) is 3.57. The van der Waals surface area contributed by atoms with Crippen LogP contribution in [0.25, 0.3) is 0 Å². The Morgan fingerprint density at radius 2 is 1.86 bits per heavy atom. The summed E-state index contributed by atoms with van der Waals surface area (Å²) in [6.07, 6.45) is 5.00. The second-order valence-electron chi connectivity index (χ2n) is 9.40. The zero-order chi connectivity index (χ0) is 21.2. The fraction of sp³-hybridized carbons (Fsp3) is 0.458. The lowest BCUT2D eigenvalue weighted by Crippen LogP contribution is -2.51. The number of aromatic hydroxyl groups is 1. The first-order valence-electron chi connectivity index (χ1n) is 10.2. The third-order valence-corrected chi connectivity index (χ3v) is 5.66. The highest BCUT2D eigenvalue weighted by Gasteiger charge is 2.33. The minimum Gasteiger partial charge on any atom is -0.508 e. The number of nitrogens with zero attached hydrogens (tertiary/aromatic N) is 1. The van der Waals surface area contributed by atoms with Crippen LogP contribution in [0.2, 0.25) is 0 Å². The van der Waals surface area contributed by atoms with Crippen molar-refractivity contribution < 1.29 is 14.7 Å². The Balaban J connectivity index is 1.68. The van der Waals surface area contributed by atoms with E-state index in [0.29, 0.717) is 11.3 Å². The number of ketones is 1. The first kappa shape index (κ1) is 21.0. The van der Waals surface area contributed by atoms with E-state index in [4.69, 9.17) is 0 Å². The van der Waals surface area contributed by atoms with E-state index in [2.05, 4.69) is 31.1 Å². The van der Waals surface area contributed by atoms with Crippen molar-refractivity contribution >= 4 is 11.7 Å². The average molecular weight is 395 g/mol. The highest BCUT2D eigenvalue weighted by atomic mass is 16.3. The van der Waals surface area contributed by atoms with Crippen molar-refractivity contribution in [1.82, 2.24) is 10.3 Å². The predicted octanol–water partition coefficient (Wildman–Crippen LogP) is 4.11. The van der Waals surface area contributed by atoms with Gasteiger partial charge in [-0.25, -0.2) is 0 Å². The Morgan fingerprint density at radius 1 is 1.14 bits per heavy atom. The van der Waals surface area contributed by atoms with Gasteiger partial charge in [0.2, 0.25) is 0 Å². The van der Waals surface area contributed by atoms with Gasteiger partial charge in [-0.3, -0.25) is 14.6 Å². The lowest BCUT2D eigenvalue weighted by Gasteiger charge is -2.39. The van der Waals surface area contributed by atoms with Crippen molar-refractivity contribution in [2.45, 2.75) is 70.8 Å². The van der Waals surface area contributed by atoms with Crippen LogP contribution in [0.1, 0.15) is 74.1 Å². The SMILES string of the molecule is CC1(NC(=O)c2cc(CC(=O)Cc3cc(C(C)(C)C)ccc3O)ccn2)CCC1. The highest BCUT2D eigenvalue weighted by Crippen LogP contribution is 2.31. The minimum atomic E-state index is -0.197. The number of aromatic nitrogens is 1. The molecule has 5 heteroatoms. The zero-order valence-corrected chi connectivity index (χ0v) is 17.7. The number of Topliss-reactive ketones (excluding diaryl/α,β-unsaturated/α-hetero) is 1. The van der Waals surface area contributed by atoms with E-state index < -0.39 is 0 Å². The lowest BCUT2D eigenvalue weighted by molar-refractivity contribution is -0.117. The fourth-order valence-corrected chi connectivity index (χ4v) is 3.57. The monoisotopic (exact) mass is 394 g/mol. The summed E-state index contributed by atoms with van der Waals surface area (Å²) in [5.74, 6) is -0.0817. The number of carbonyl (C=O) groups is 2. The third kappa shape index (κ3) is 5.22. The van der Waals surface area contributed by atoms with Gasteiger partial charge < -0.3 is 10.4 Å². The van der Waals surface area contributed by atoms with Crippen LogP contribution in [-0.4, -0.2) is 27.3 Å². The smallest absolute Gasteiger partial charge is 0.270 e. The van der Waals surface area contributed by atoms with E-state index >= 15 is 0 Å². The Morgan fingerprint density at radius 3 is 2.48 bits per heavy atom. The highest BCUT2D eigenvalue weighted by molar-refractivity contribution is 5.93. The molecule has 5 nitrogen and oxygen atoms in total. The molecule has 1 aromatic carbocycles. The van der Waals surface area contributed by atoms with E-state index in [1.165, 1.54) is 0 Å². The Bertz CT molecular complexity index is 924. The number of carbonyl (C=O) groups excluding carboxylic acids is 2. The molecule has 2 N–H and O–H groups in total.